The van der Waals surface area contributed by atoms with Crippen LogP contribution in [0.2, 0.25) is 0 Å². The molecule has 0 bridgehead atoms. The molecule has 136 valence electrons. The van der Waals surface area contributed by atoms with E-state index in [0.717, 1.165) is 12.8 Å². The number of rotatable bonds is 5. The van der Waals surface area contributed by atoms with Crippen molar-refractivity contribution in [2.45, 2.75) is 26.7 Å². The van der Waals surface area contributed by atoms with E-state index in [1.54, 1.807) is 29.2 Å². The molecule has 0 radical (unpaired) electrons. The van der Waals surface area contributed by atoms with E-state index in [1.165, 1.54) is 0 Å². The maximum Gasteiger partial charge on any atom is 0.321 e. The van der Waals surface area contributed by atoms with Crippen molar-refractivity contribution in [3.8, 4) is 0 Å². The Bertz CT molecular complexity index is 633. The highest BCUT2D eigenvalue weighted by molar-refractivity contribution is 5.97. The van der Waals surface area contributed by atoms with E-state index in [9.17, 15) is 14.4 Å². The van der Waals surface area contributed by atoms with Gasteiger partial charge in [-0.15, -0.1) is 0 Å². The first-order valence-corrected chi connectivity index (χ1v) is 8.77. The van der Waals surface area contributed by atoms with Crippen molar-refractivity contribution in [3.63, 3.8) is 0 Å². The molecule has 1 aliphatic rings. The van der Waals surface area contributed by atoms with Crippen LogP contribution < -0.4 is 16.0 Å². The van der Waals surface area contributed by atoms with Gasteiger partial charge in [-0.2, -0.15) is 0 Å². The predicted octanol–water partition coefficient (Wildman–Crippen LogP) is 1.82. The Balaban J connectivity index is 1.98. The summed E-state index contributed by atoms with van der Waals surface area (Å²) in [6, 6.07) is 6.57. The number of hydrogen-bond donors (Lipinski definition) is 3. The zero-order valence-electron chi connectivity index (χ0n) is 14.8. The largest absolute Gasteiger partial charge is 0.356 e. The number of amides is 4. The maximum atomic E-state index is 12.5. The normalized spacial score (nSPS) is 16.9. The second-order valence-corrected chi connectivity index (χ2v) is 6.05. The third kappa shape index (κ3) is 5.20. The fourth-order valence-corrected chi connectivity index (χ4v) is 2.90. The van der Waals surface area contributed by atoms with Gasteiger partial charge in [-0.25, -0.2) is 4.79 Å². The number of benzene rings is 1. The van der Waals surface area contributed by atoms with Gasteiger partial charge in [-0.3, -0.25) is 9.59 Å². The highest BCUT2D eigenvalue weighted by Gasteiger charge is 2.28. The number of likely N-dealkylation sites (tertiary alicyclic amines) is 1. The van der Waals surface area contributed by atoms with Gasteiger partial charge in [0.05, 0.1) is 5.92 Å². The van der Waals surface area contributed by atoms with Crippen LogP contribution in [-0.2, 0) is 4.79 Å². The van der Waals surface area contributed by atoms with Crippen LogP contribution in [0.15, 0.2) is 24.3 Å². The third-order valence-electron chi connectivity index (χ3n) is 4.14. The Morgan fingerprint density at radius 1 is 1.16 bits per heavy atom. The van der Waals surface area contributed by atoms with Crippen molar-refractivity contribution in [2.24, 2.45) is 5.92 Å². The molecule has 7 heteroatoms. The van der Waals surface area contributed by atoms with E-state index in [2.05, 4.69) is 16.0 Å². The van der Waals surface area contributed by atoms with Crippen molar-refractivity contribution in [2.75, 3.05) is 31.5 Å². The van der Waals surface area contributed by atoms with Crippen LogP contribution in [0.5, 0.6) is 0 Å². The first kappa shape index (κ1) is 18.8. The molecule has 4 amide bonds. The number of hydrogen-bond acceptors (Lipinski definition) is 3. The van der Waals surface area contributed by atoms with E-state index in [4.69, 9.17) is 0 Å². The summed E-state index contributed by atoms with van der Waals surface area (Å²) >= 11 is 0. The Labute approximate surface area is 148 Å². The van der Waals surface area contributed by atoms with Crippen LogP contribution in [-0.4, -0.2) is 48.9 Å². The molecule has 0 aliphatic carbocycles. The molecule has 1 aromatic carbocycles. The minimum absolute atomic E-state index is 0.00164. The van der Waals surface area contributed by atoms with E-state index < -0.39 is 0 Å². The van der Waals surface area contributed by atoms with E-state index >= 15 is 0 Å². The van der Waals surface area contributed by atoms with Gasteiger partial charge in [0.2, 0.25) is 5.91 Å². The molecule has 1 heterocycles. The molecule has 1 aliphatic heterocycles. The van der Waals surface area contributed by atoms with E-state index in [0.29, 0.717) is 37.4 Å². The van der Waals surface area contributed by atoms with Crippen molar-refractivity contribution in [1.29, 1.82) is 0 Å². The molecular weight excluding hydrogens is 320 g/mol. The van der Waals surface area contributed by atoms with Crippen LogP contribution in [0.3, 0.4) is 0 Å². The summed E-state index contributed by atoms with van der Waals surface area (Å²) in [5.41, 5.74) is 1.06. The molecule has 1 atom stereocenters. The zero-order valence-corrected chi connectivity index (χ0v) is 14.8. The van der Waals surface area contributed by atoms with E-state index in [1.807, 2.05) is 13.8 Å². The monoisotopic (exact) mass is 346 g/mol. The Morgan fingerprint density at radius 3 is 2.64 bits per heavy atom. The first-order chi connectivity index (χ1) is 12.0. The first-order valence-electron chi connectivity index (χ1n) is 8.77. The van der Waals surface area contributed by atoms with E-state index in [-0.39, 0.29) is 23.8 Å². The number of nitrogens with zero attached hydrogens (tertiary/aromatic N) is 1. The summed E-state index contributed by atoms with van der Waals surface area (Å²) in [4.78, 5) is 38.0. The molecule has 0 saturated carbocycles. The lowest BCUT2D eigenvalue weighted by molar-refractivity contribution is -0.126. The van der Waals surface area contributed by atoms with Crippen LogP contribution in [0, 0.1) is 5.92 Å². The summed E-state index contributed by atoms with van der Waals surface area (Å²) in [5.74, 6) is -0.341. The molecule has 25 heavy (non-hydrogen) atoms. The topological polar surface area (TPSA) is 90.5 Å². The molecule has 1 aromatic rings. The molecule has 1 saturated heterocycles. The fraction of sp³-hybridized carbons (Fsp3) is 0.500. The maximum absolute atomic E-state index is 12.5. The van der Waals surface area contributed by atoms with Crippen molar-refractivity contribution >= 4 is 23.5 Å². The van der Waals surface area contributed by atoms with Gasteiger partial charge in [0, 0.05) is 37.4 Å². The number of carbonyl (C=O) groups excluding carboxylic acids is 3. The summed E-state index contributed by atoms with van der Waals surface area (Å²) < 4.78 is 0. The van der Waals surface area contributed by atoms with Gasteiger partial charge in [0.15, 0.2) is 0 Å². The van der Waals surface area contributed by atoms with Crippen LogP contribution in [0.4, 0.5) is 10.5 Å². The molecule has 1 unspecified atom stereocenters. The highest BCUT2D eigenvalue weighted by atomic mass is 16.2. The molecule has 7 nitrogen and oxygen atoms in total. The molecule has 3 N–H and O–H groups in total. The molecule has 0 aromatic heterocycles. The average molecular weight is 346 g/mol. The Morgan fingerprint density at radius 2 is 1.92 bits per heavy atom. The van der Waals surface area contributed by atoms with Crippen LogP contribution in [0.1, 0.15) is 37.0 Å². The van der Waals surface area contributed by atoms with Gasteiger partial charge in [-0.1, -0.05) is 6.07 Å². The number of urea groups is 1. The number of nitrogens with one attached hydrogen (secondary N) is 3. The summed E-state index contributed by atoms with van der Waals surface area (Å²) in [7, 11) is 0. The predicted molar refractivity (Wildman–Crippen MR) is 96.4 cm³/mol. The van der Waals surface area contributed by atoms with Gasteiger partial charge in [0.25, 0.3) is 5.91 Å². The van der Waals surface area contributed by atoms with Crippen LogP contribution in [0.25, 0.3) is 0 Å². The third-order valence-corrected chi connectivity index (χ3v) is 4.14. The minimum atomic E-state index is -0.248. The lowest BCUT2D eigenvalue weighted by Gasteiger charge is -2.32. The molecule has 2 rings (SSSR count). The van der Waals surface area contributed by atoms with Gasteiger partial charge in [0.1, 0.15) is 0 Å². The highest BCUT2D eigenvalue weighted by Crippen LogP contribution is 2.18. The summed E-state index contributed by atoms with van der Waals surface area (Å²) in [5, 5.41) is 8.36. The second-order valence-electron chi connectivity index (χ2n) is 6.05. The fourth-order valence-electron chi connectivity index (χ4n) is 2.90. The Hall–Kier alpha value is -2.57. The Kier molecular flexibility index (Phi) is 6.80. The van der Waals surface area contributed by atoms with Gasteiger partial charge < -0.3 is 20.9 Å². The lowest BCUT2D eigenvalue weighted by Crippen LogP contribution is -2.46. The lowest BCUT2D eigenvalue weighted by atomic mass is 9.97. The molecular formula is C18H26N4O3. The number of piperidine rings is 1. The zero-order chi connectivity index (χ0) is 18.2. The van der Waals surface area contributed by atoms with Gasteiger partial charge in [-0.05, 0) is 44.9 Å². The second kappa shape index (κ2) is 9.05. The summed E-state index contributed by atoms with van der Waals surface area (Å²) in [6.07, 6.45) is 1.59. The standard InChI is InChI=1S/C18H26N4O3/c1-3-19-16(23)13-7-5-9-15(11-13)21-18(25)22-10-6-8-14(12-22)17(24)20-4-2/h5,7,9,11,14H,3-4,6,8,10,12H2,1-2H3,(H,19,23)(H,20,24)(H,21,25). The van der Waals surface area contributed by atoms with Gasteiger partial charge >= 0.3 is 6.03 Å². The molecule has 1 fully saturated rings. The SMILES string of the molecule is CCNC(=O)c1cccc(NC(=O)N2CCCC(C(=O)NCC)C2)c1. The van der Waals surface area contributed by atoms with Crippen LogP contribution >= 0.6 is 0 Å². The molecule has 0 spiro atoms. The summed E-state index contributed by atoms with van der Waals surface area (Å²) in [6.45, 7) is 5.90. The average Bonchev–Trinajstić information content (AvgIpc) is 2.62. The minimum Gasteiger partial charge on any atom is -0.356 e. The quantitative estimate of drug-likeness (QED) is 0.759. The van der Waals surface area contributed by atoms with Crippen molar-refractivity contribution in [1.82, 2.24) is 15.5 Å². The van der Waals surface area contributed by atoms with Crippen molar-refractivity contribution < 1.29 is 14.4 Å². The smallest absolute Gasteiger partial charge is 0.321 e. The van der Waals surface area contributed by atoms with Crippen molar-refractivity contribution in [3.05, 3.63) is 29.8 Å². The number of anilines is 1. The number of carbonyl (C=O) groups is 3.